The Hall–Kier alpha value is -0.520. The predicted molar refractivity (Wildman–Crippen MR) is 65.7 cm³/mol. The fourth-order valence-corrected chi connectivity index (χ4v) is 2.12. The van der Waals surface area contributed by atoms with E-state index >= 15 is 0 Å². The molecule has 0 heterocycles. The molecule has 0 atom stereocenters. The number of hydrogen-bond acceptors (Lipinski definition) is 2. The highest BCUT2D eigenvalue weighted by Crippen LogP contribution is 2.30. The van der Waals surface area contributed by atoms with Gasteiger partial charge in [-0.3, -0.25) is 4.90 Å². The van der Waals surface area contributed by atoms with Crippen LogP contribution in [0.2, 0.25) is 0 Å². The van der Waals surface area contributed by atoms with E-state index in [-0.39, 0.29) is 0 Å². The standard InChI is InChI=1S/C13H24N2/c1-5-8-15(9-12-6-7-12)11-13(2,3)10-14-4/h1,12,14H,6-11H2,2-4H3. The lowest BCUT2D eigenvalue weighted by molar-refractivity contribution is 0.187. The summed E-state index contributed by atoms with van der Waals surface area (Å²) in [5.74, 6) is 3.69. The monoisotopic (exact) mass is 208 g/mol. The second-order valence-electron chi connectivity index (χ2n) is 5.51. The highest BCUT2D eigenvalue weighted by Gasteiger charge is 2.27. The molecule has 0 saturated heterocycles. The molecule has 1 rings (SSSR count). The van der Waals surface area contributed by atoms with Crippen molar-refractivity contribution >= 4 is 0 Å². The van der Waals surface area contributed by atoms with Gasteiger partial charge in [0.05, 0.1) is 6.54 Å². The zero-order chi connectivity index (χ0) is 11.3. The van der Waals surface area contributed by atoms with Crippen molar-refractivity contribution in [1.29, 1.82) is 0 Å². The molecule has 2 nitrogen and oxygen atoms in total. The molecule has 15 heavy (non-hydrogen) atoms. The van der Waals surface area contributed by atoms with E-state index in [1.807, 2.05) is 7.05 Å². The second-order valence-corrected chi connectivity index (χ2v) is 5.51. The Morgan fingerprint density at radius 1 is 1.47 bits per heavy atom. The largest absolute Gasteiger partial charge is 0.319 e. The third-order valence-electron chi connectivity index (χ3n) is 2.84. The van der Waals surface area contributed by atoms with Crippen LogP contribution in [0.3, 0.4) is 0 Å². The number of nitrogens with one attached hydrogen (secondary N) is 1. The number of nitrogens with zero attached hydrogens (tertiary/aromatic N) is 1. The SMILES string of the molecule is C#CCN(CC1CC1)CC(C)(C)CNC. The van der Waals surface area contributed by atoms with E-state index in [0.29, 0.717) is 5.41 Å². The molecule has 0 radical (unpaired) electrons. The molecule has 0 bridgehead atoms. The third kappa shape index (κ3) is 5.20. The third-order valence-corrected chi connectivity index (χ3v) is 2.84. The van der Waals surface area contributed by atoms with E-state index < -0.39 is 0 Å². The van der Waals surface area contributed by atoms with Crippen LogP contribution in [-0.4, -0.2) is 38.1 Å². The van der Waals surface area contributed by atoms with Gasteiger partial charge in [-0.25, -0.2) is 0 Å². The van der Waals surface area contributed by atoms with E-state index in [9.17, 15) is 0 Å². The summed E-state index contributed by atoms with van der Waals surface area (Å²) in [6.45, 7) is 8.70. The number of terminal acetylenes is 1. The molecule has 1 N–H and O–H groups in total. The highest BCUT2D eigenvalue weighted by molar-refractivity contribution is 4.91. The van der Waals surface area contributed by atoms with E-state index in [0.717, 1.165) is 25.6 Å². The van der Waals surface area contributed by atoms with Gasteiger partial charge in [-0.05, 0) is 31.2 Å². The number of rotatable bonds is 7. The van der Waals surface area contributed by atoms with Crippen molar-refractivity contribution in [2.45, 2.75) is 26.7 Å². The molecule has 1 saturated carbocycles. The van der Waals surface area contributed by atoms with Crippen LogP contribution in [0.15, 0.2) is 0 Å². The fraction of sp³-hybridized carbons (Fsp3) is 0.846. The van der Waals surface area contributed by atoms with E-state index in [4.69, 9.17) is 6.42 Å². The van der Waals surface area contributed by atoms with Gasteiger partial charge < -0.3 is 5.32 Å². The Kier molecular flexibility index (Phi) is 4.63. The lowest BCUT2D eigenvalue weighted by atomic mass is 9.92. The minimum absolute atomic E-state index is 0.306. The van der Waals surface area contributed by atoms with Gasteiger partial charge in [0, 0.05) is 19.6 Å². The van der Waals surface area contributed by atoms with Crippen LogP contribution in [0.25, 0.3) is 0 Å². The molecule has 1 aliphatic rings. The van der Waals surface area contributed by atoms with Crippen LogP contribution >= 0.6 is 0 Å². The van der Waals surface area contributed by atoms with Crippen LogP contribution < -0.4 is 5.32 Å². The van der Waals surface area contributed by atoms with Crippen LogP contribution in [0.1, 0.15) is 26.7 Å². The maximum absolute atomic E-state index is 5.41. The second kappa shape index (κ2) is 5.53. The summed E-state index contributed by atoms with van der Waals surface area (Å²) in [7, 11) is 2.01. The van der Waals surface area contributed by atoms with Crippen molar-refractivity contribution in [3.05, 3.63) is 0 Å². The Morgan fingerprint density at radius 2 is 2.13 bits per heavy atom. The molecule has 1 aliphatic carbocycles. The molecule has 0 aromatic rings. The van der Waals surface area contributed by atoms with Gasteiger partial charge in [0.1, 0.15) is 0 Å². The van der Waals surface area contributed by atoms with Gasteiger partial charge in [-0.2, -0.15) is 0 Å². The number of hydrogen-bond donors (Lipinski definition) is 1. The molecule has 0 unspecified atom stereocenters. The lowest BCUT2D eigenvalue weighted by Crippen LogP contribution is -2.40. The van der Waals surface area contributed by atoms with Crippen molar-refractivity contribution in [2.24, 2.45) is 11.3 Å². The minimum Gasteiger partial charge on any atom is -0.319 e. The van der Waals surface area contributed by atoms with Gasteiger partial charge in [0.25, 0.3) is 0 Å². The molecule has 0 aromatic heterocycles. The summed E-state index contributed by atoms with van der Waals surface area (Å²) in [4.78, 5) is 2.43. The first kappa shape index (κ1) is 12.5. The van der Waals surface area contributed by atoms with Crippen LogP contribution in [-0.2, 0) is 0 Å². The summed E-state index contributed by atoms with van der Waals surface area (Å²) in [6.07, 6.45) is 8.20. The van der Waals surface area contributed by atoms with Crippen LogP contribution in [0.5, 0.6) is 0 Å². The summed E-state index contributed by atoms with van der Waals surface area (Å²) in [6, 6.07) is 0. The smallest absolute Gasteiger partial charge is 0.0599 e. The topological polar surface area (TPSA) is 15.3 Å². The molecular formula is C13H24N2. The lowest BCUT2D eigenvalue weighted by Gasteiger charge is -2.31. The summed E-state index contributed by atoms with van der Waals surface area (Å²) >= 11 is 0. The first-order valence-corrected chi connectivity index (χ1v) is 5.88. The van der Waals surface area contributed by atoms with E-state index in [1.54, 1.807) is 0 Å². The summed E-state index contributed by atoms with van der Waals surface area (Å²) in [5.41, 5.74) is 0.306. The summed E-state index contributed by atoms with van der Waals surface area (Å²) < 4.78 is 0. The first-order valence-electron chi connectivity index (χ1n) is 5.88. The van der Waals surface area contributed by atoms with Crippen LogP contribution in [0.4, 0.5) is 0 Å². The van der Waals surface area contributed by atoms with Gasteiger partial charge in [0.2, 0.25) is 0 Å². The van der Waals surface area contributed by atoms with Crippen molar-refractivity contribution in [3.63, 3.8) is 0 Å². The molecular weight excluding hydrogens is 184 g/mol. The minimum atomic E-state index is 0.306. The first-order chi connectivity index (χ1) is 7.07. The van der Waals surface area contributed by atoms with Gasteiger partial charge in [0.15, 0.2) is 0 Å². The average molecular weight is 208 g/mol. The van der Waals surface area contributed by atoms with Crippen molar-refractivity contribution in [2.75, 3.05) is 33.2 Å². The van der Waals surface area contributed by atoms with Crippen LogP contribution in [0, 0.1) is 23.7 Å². The summed E-state index contributed by atoms with van der Waals surface area (Å²) in [5, 5.41) is 3.25. The van der Waals surface area contributed by atoms with E-state index in [2.05, 4.69) is 30.0 Å². The van der Waals surface area contributed by atoms with Crippen molar-refractivity contribution in [1.82, 2.24) is 10.2 Å². The highest BCUT2D eigenvalue weighted by atomic mass is 15.1. The van der Waals surface area contributed by atoms with Gasteiger partial charge in [-0.1, -0.05) is 19.8 Å². The molecule has 0 aromatic carbocycles. The Balaban J connectivity index is 2.37. The zero-order valence-electron chi connectivity index (χ0n) is 10.3. The Labute approximate surface area is 94.4 Å². The maximum atomic E-state index is 5.41. The van der Waals surface area contributed by atoms with Crippen molar-refractivity contribution in [3.8, 4) is 12.3 Å². The predicted octanol–water partition coefficient (Wildman–Crippen LogP) is 1.58. The normalized spacial score (nSPS) is 16.7. The van der Waals surface area contributed by atoms with Gasteiger partial charge >= 0.3 is 0 Å². The Morgan fingerprint density at radius 3 is 2.60 bits per heavy atom. The molecule has 0 aliphatic heterocycles. The van der Waals surface area contributed by atoms with E-state index in [1.165, 1.54) is 19.4 Å². The Bertz CT molecular complexity index is 223. The molecule has 86 valence electrons. The molecule has 1 fully saturated rings. The quantitative estimate of drug-likeness (QED) is 0.639. The average Bonchev–Trinajstić information content (AvgIpc) is 2.87. The molecule has 0 spiro atoms. The molecule has 0 amide bonds. The maximum Gasteiger partial charge on any atom is 0.0599 e. The molecule has 2 heteroatoms. The zero-order valence-corrected chi connectivity index (χ0v) is 10.3. The van der Waals surface area contributed by atoms with Crippen molar-refractivity contribution < 1.29 is 0 Å². The fourth-order valence-electron chi connectivity index (χ4n) is 2.12. The van der Waals surface area contributed by atoms with Gasteiger partial charge in [-0.15, -0.1) is 6.42 Å².